The molecule has 3 unspecified atom stereocenters. The highest BCUT2D eigenvalue weighted by molar-refractivity contribution is 4.96. The monoisotopic (exact) mass is 280 g/mol. The zero-order valence-electron chi connectivity index (χ0n) is 14.4. The fourth-order valence-corrected chi connectivity index (χ4v) is 4.60. The highest BCUT2D eigenvalue weighted by atomic mass is 15.2. The quantitative estimate of drug-likeness (QED) is 0.793. The number of fused-ring (bicyclic) bond motifs is 2. The van der Waals surface area contributed by atoms with Crippen LogP contribution in [-0.4, -0.2) is 36.1 Å². The Morgan fingerprint density at radius 1 is 1.00 bits per heavy atom. The van der Waals surface area contributed by atoms with Crippen molar-refractivity contribution in [3.8, 4) is 0 Å². The first-order valence-corrected chi connectivity index (χ1v) is 9.06. The molecular weight excluding hydrogens is 244 g/mol. The third kappa shape index (κ3) is 3.57. The average molecular weight is 280 g/mol. The van der Waals surface area contributed by atoms with Gasteiger partial charge in [0.25, 0.3) is 0 Å². The molecule has 1 heterocycles. The minimum atomic E-state index is 0.684. The number of nitrogens with zero attached hydrogens (tertiary/aromatic N) is 1. The molecule has 1 aliphatic heterocycles. The molecule has 2 nitrogen and oxygen atoms in total. The Kier molecular flexibility index (Phi) is 5.92. The zero-order valence-corrected chi connectivity index (χ0v) is 14.4. The molecule has 1 saturated heterocycles. The van der Waals surface area contributed by atoms with Gasteiger partial charge in [-0.3, -0.25) is 0 Å². The minimum absolute atomic E-state index is 0.684. The van der Waals surface area contributed by atoms with Crippen molar-refractivity contribution in [1.82, 2.24) is 10.2 Å². The molecule has 0 aromatic rings. The van der Waals surface area contributed by atoms with Crippen LogP contribution >= 0.6 is 0 Å². The standard InChI is InChI=1S/C18H36N2/c1-6-15(7-2)14(5)19-18-16-9-8-10-17(18)12-20(11-16)13(3)4/h13-19H,6-12H2,1-5H3. The summed E-state index contributed by atoms with van der Waals surface area (Å²) in [4.78, 5) is 2.72. The molecule has 1 aliphatic carbocycles. The van der Waals surface area contributed by atoms with Crippen LogP contribution in [0.1, 0.15) is 66.7 Å². The molecular formula is C18H36N2. The summed E-state index contributed by atoms with van der Waals surface area (Å²) in [6, 6.07) is 2.19. The van der Waals surface area contributed by atoms with Gasteiger partial charge in [-0.05, 0) is 51.4 Å². The van der Waals surface area contributed by atoms with Gasteiger partial charge in [-0.15, -0.1) is 0 Å². The van der Waals surface area contributed by atoms with E-state index in [9.17, 15) is 0 Å². The lowest BCUT2D eigenvalue weighted by atomic mass is 9.72. The van der Waals surface area contributed by atoms with E-state index in [-0.39, 0.29) is 0 Å². The van der Waals surface area contributed by atoms with Crippen LogP contribution in [0, 0.1) is 17.8 Å². The van der Waals surface area contributed by atoms with E-state index in [0.717, 1.165) is 29.8 Å². The SMILES string of the molecule is CCC(CC)C(C)NC1C2CCCC1CN(C(C)C)C2. The molecule has 3 atom stereocenters. The van der Waals surface area contributed by atoms with E-state index in [0.29, 0.717) is 6.04 Å². The van der Waals surface area contributed by atoms with E-state index >= 15 is 0 Å². The fraction of sp³-hybridized carbons (Fsp3) is 1.00. The smallest absolute Gasteiger partial charge is 0.0151 e. The van der Waals surface area contributed by atoms with E-state index in [1.807, 2.05) is 0 Å². The van der Waals surface area contributed by atoms with Crippen LogP contribution in [0.3, 0.4) is 0 Å². The van der Waals surface area contributed by atoms with E-state index < -0.39 is 0 Å². The molecule has 2 rings (SSSR count). The Bertz CT molecular complexity index is 271. The fourth-order valence-electron chi connectivity index (χ4n) is 4.60. The number of rotatable bonds is 6. The van der Waals surface area contributed by atoms with Crippen LogP contribution < -0.4 is 5.32 Å². The summed E-state index contributed by atoms with van der Waals surface area (Å²) in [6.45, 7) is 14.5. The first-order chi connectivity index (χ1) is 9.56. The van der Waals surface area contributed by atoms with Crippen molar-refractivity contribution in [1.29, 1.82) is 0 Å². The lowest BCUT2D eigenvalue weighted by Gasteiger charge is -2.50. The second kappa shape index (κ2) is 7.26. The number of piperidine rings is 1. The molecule has 0 radical (unpaired) electrons. The predicted molar refractivity (Wildman–Crippen MR) is 88.0 cm³/mol. The van der Waals surface area contributed by atoms with Crippen molar-refractivity contribution in [3.05, 3.63) is 0 Å². The summed E-state index contributed by atoms with van der Waals surface area (Å²) < 4.78 is 0. The van der Waals surface area contributed by atoms with Gasteiger partial charge in [0.2, 0.25) is 0 Å². The Labute approximate surface area is 126 Å². The summed E-state index contributed by atoms with van der Waals surface area (Å²) in [6.07, 6.45) is 6.95. The Morgan fingerprint density at radius 2 is 1.55 bits per heavy atom. The second-order valence-electron chi connectivity index (χ2n) is 7.56. The summed E-state index contributed by atoms with van der Waals surface area (Å²) in [7, 11) is 0. The molecule has 1 saturated carbocycles. The highest BCUT2D eigenvalue weighted by Gasteiger charge is 2.40. The molecule has 0 aromatic heterocycles. The summed E-state index contributed by atoms with van der Waals surface area (Å²) >= 11 is 0. The highest BCUT2D eigenvalue weighted by Crippen LogP contribution is 2.36. The summed E-state index contributed by atoms with van der Waals surface area (Å²) in [5.41, 5.74) is 0. The molecule has 2 fully saturated rings. The Balaban J connectivity index is 1.98. The maximum atomic E-state index is 4.06. The van der Waals surface area contributed by atoms with Gasteiger partial charge in [0.05, 0.1) is 0 Å². The number of hydrogen-bond acceptors (Lipinski definition) is 2. The van der Waals surface area contributed by atoms with Crippen LogP contribution in [0.15, 0.2) is 0 Å². The van der Waals surface area contributed by atoms with Gasteiger partial charge in [-0.1, -0.05) is 33.1 Å². The number of nitrogens with one attached hydrogen (secondary N) is 1. The van der Waals surface area contributed by atoms with Crippen LogP contribution in [0.2, 0.25) is 0 Å². The first-order valence-electron chi connectivity index (χ1n) is 9.06. The Hall–Kier alpha value is -0.0800. The van der Waals surface area contributed by atoms with Crippen LogP contribution in [-0.2, 0) is 0 Å². The van der Waals surface area contributed by atoms with E-state index in [1.165, 1.54) is 45.2 Å². The van der Waals surface area contributed by atoms with Crippen molar-refractivity contribution < 1.29 is 0 Å². The Morgan fingerprint density at radius 3 is 2.00 bits per heavy atom. The van der Waals surface area contributed by atoms with Gasteiger partial charge >= 0.3 is 0 Å². The maximum Gasteiger partial charge on any atom is 0.0151 e. The molecule has 2 heteroatoms. The zero-order chi connectivity index (χ0) is 14.7. The summed E-state index contributed by atoms with van der Waals surface area (Å²) in [5, 5.41) is 4.06. The van der Waals surface area contributed by atoms with Gasteiger partial charge < -0.3 is 10.2 Å². The van der Waals surface area contributed by atoms with Crippen molar-refractivity contribution in [2.75, 3.05) is 13.1 Å². The number of hydrogen-bond donors (Lipinski definition) is 1. The normalized spacial score (nSPS) is 32.9. The van der Waals surface area contributed by atoms with Crippen molar-refractivity contribution in [2.24, 2.45) is 17.8 Å². The van der Waals surface area contributed by atoms with Gasteiger partial charge in [0, 0.05) is 31.2 Å². The largest absolute Gasteiger partial charge is 0.311 e. The predicted octanol–water partition coefficient (Wildman–Crippen LogP) is 3.91. The lowest BCUT2D eigenvalue weighted by Crippen LogP contribution is -2.60. The van der Waals surface area contributed by atoms with E-state index in [1.54, 1.807) is 0 Å². The molecule has 0 aromatic carbocycles. The van der Waals surface area contributed by atoms with Gasteiger partial charge in [-0.2, -0.15) is 0 Å². The van der Waals surface area contributed by atoms with Crippen LogP contribution in [0.4, 0.5) is 0 Å². The molecule has 1 N–H and O–H groups in total. The molecule has 20 heavy (non-hydrogen) atoms. The van der Waals surface area contributed by atoms with Crippen LogP contribution in [0.5, 0.6) is 0 Å². The van der Waals surface area contributed by atoms with Crippen molar-refractivity contribution >= 4 is 0 Å². The summed E-state index contributed by atoms with van der Waals surface area (Å²) in [5.74, 6) is 2.63. The molecule has 0 amide bonds. The third-order valence-corrected chi connectivity index (χ3v) is 6.05. The second-order valence-corrected chi connectivity index (χ2v) is 7.56. The van der Waals surface area contributed by atoms with Gasteiger partial charge in [0.1, 0.15) is 0 Å². The molecule has 2 bridgehead atoms. The first kappa shape index (κ1) is 16.3. The van der Waals surface area contributed by atoms with Crippen molar-refractivity contribution in [2.45, 2.75) is 84.8 Å². The molecule has 118 valence electrons. The minimum Gasteiger partial charge on any atom is -0.311 e. The maximum absolute atomic E-state index is 4.06. The lowest BCUT2D eigenvalue weighted by molar-refractivity contribution is 0.0223. The molecule has 0 spiro atoms. The third-order valence-electron chi connectivity index (χ3n) is 6.05. The van der Waals surface area contributed by atoms with Gasteiger partial charge in [-0.25, -0.2) is 0 Å². The van der Waals surface area contributed by atoms with E-state index in [2.05, 4.69) is 44.8 Å². The van der Waals surface area contributed by atoms with Crippen molar-refractivity contribution in [3.63, 3.8) is 0 Å². The van der Waals surface area contributed by atoms with Gasteiger partial charge in [0.15, 0.2) is 0 Å². The topological polar surface area (TPSA) is 15.3 Å². The average Bonchev–Trinajstić information content (AvgIpc) is 2.39. The van der Waals surface area contributed by atoms with E-state index in [4.69, 9.17) is 0 Å². The van der Waals surface area contributed by atoms with Crippen LogP contribution in [0.25, 0.3) is 0 Å². The molecule has 2 aliphatic rings. The number of likely N-dealkylation sites (tertiary alicyclic amines) is 1.